The summed E-state index contributed by atoms with van der Waals surface area (Å²) < 4.78 is 5.93. The van der Waals surface area contributed by atoms with E-state index in [0.717, 1.165) is 6.61 Å². The molecule has 0 radical (unpaired) electrons. The second-order valence-corrected chi connectivity index (χ2v) is 6.25. The first-order valence-corrected chi connectivity index (χ1v) is 6.74. The lowest BCUT2D eigenvalue weighted by molar-refractivity contribution is -0.0798. The van der Waals surface area contributed by atoms with Crippen molar-refractivity contribution < 1.29 is 4.74 Å². The van der Waals surface area contributed by atoms with Crippen LogP contribution in [0.15, 0.2) is 0 Å². The van der Waals surface area contributed by atoms with Crippen LogP contribution in [0.4, 0.5) is 0 Å². The quantitative estimate of drug-likeness (QED) is 0.612. The van der Waals surface area contributed by atoms with Crippen LogP contribution < -0.4 is 0 Å². The van der Waals surface area contributed by atoms with Gasteiger partial charge < -0.3 is 4.74 Å². The maximum absolute atomic E-state index is 5.93. The number of hydrogen-bond donors (Lipinski definition) is 0. The molecule has 0 aromatic rings. The van der Waals surface area contributed by atoms with Crippen molar-refractivity contribution in [3.05, 3.63) is 0 Å². The highest BCUT2D eigenvalue weighted by molar-refractivity contribution is 9.09. The molecule has 3 heteroatoms. The summed E-state index contributed by atoms with van der Waals surface area (Å²) in [6.45, 7) is 0.959. The molecule has 0 aliphatic carbocycles. The van der Waals surface area contributed by atoms with Gasteiger partial charge in [0.25, 0.3) is 0 Å². The van der Waals surface area contributed by atoms with Crippen LogP contribution in [-0.4, -0.2) is 28.5 Å². The van der Waals surface area contributed by atoms with Gasteiger partial charge in [0.05, 0.1) is 5.60 Å². The Morgan fingerprint density at radius 3 is 2.75 bits per heavy atom. The minimum absolute atomic E-state index is 0.262. The normalized spacial score (nSPS) is 35.2. The molecule has 0 aromatic carbocycles. The van der Waals surface area contributed by atoms with E-state index in [9.17, 15) is 0 Å². The molecular formula is C9H15BrOS. The molecule has 2 heterocycles. The predicted octanol–water partition coefficient (Wildman–Crippen LogP) is 2.83. The Morgan fingerprint density at radius 1 is 1.33 bits per heavy atom. The third-order valence-corrected chi connectivity index (χ3v) is 4.60. The molecule has 2 fully saturated rings. The van der Waals surface area contributed by atoms with Gasteiger partial charge in [-0.3, -0.25) is 0 Å². The molecule has 0 N–H and O–H groups in total. The average molecular weight is 251 g/mol. The molecule has 2 aliphatic rings. The van der Waals surface area contributed by atoms with E-state index in [1.54, 1.807) is 0 Å². The average Bonchev–Trinajstić information content (AvgIpc) is 2.05. The smallest absolute Gasteiger partial charge is 0.0708 e. The second-order valence-electron chi connectivity index (χ2n) is 3.73. The van der Waals surface area contributed by atoms with Crippen LogP contribution in [0.1, 0.15) is 25.7 Å². The highest BCUT2D eigenvalue weighted by Gasteiger charge is 2.37. The number of ether oxygens (including phenoxy) is 1. The molecule has 1 spiro atoms. The maximum atomic E-state index is 5.93. The van der Waals surface area contributed by atoms with Gasteiger partial charge in [0.15, 0.2) is 0 Å². The van der Waals surface area contributed by atoms with Crippen molar-refractivity contribution in [3.8, 4) is 0 Å². The van der Waals surface area contributed by atoms with Crippen LogP contribution in [0.25, 0.3) is 0 Å². The van der Waals surface area contributed by atoms with E-state index in [1.807, 2.05) is 0 Å². The van der Waals surface area contributed by atoms with Gasteiger partial charge in [0.2, 0.25) is 0 Å². The molecule has 0 amide bonds. The SMILES string of the molecule is BrC1CCOC2(CCSCC2)C1. The van der Waals surface area contributed by atoms with Gasteiger partial charge in [-0.1, -0.05) is 15.9 Å². The Bertz CT molecular complexity index is 151. The predicted molar refractivity (Wildman–Crippen MR) is 57.2 cm³/mol. The van der Waals surface area contributed by atoms with Gasteiger partial charge in [0.1, 0.15) is 0 Å². The minimum atomic E-state index is 0.262. The summed E-state index contributed by atoms with van der Waals surface area (Å²) in [6, 6.07) is 0. The topological polar surface area (TPSA) is 9.23 Å². The van der Waals surface area contributed by atoms with Gasteiger partial charge in [-0.2, -0.15) is 11.8 Å². The van der Waals surface area contributed by atoms with Gasteiger partial charge in [-0.05, 0) is 37.2 Å². The van der Waals surface area contributed by atoms with E-state index in [0.29, 0.717) is 4.83 Å². The lowest BCUT2D eigenvalue weighted by Gasteiger charge is -2.41. The summed E-state index contributed by atoms with van der Waals surface area (Å²) in [7, 11) is 0. The third kappa shape index (κ3) is 1.99. The third-order valence-electron chi connectivity index (χ3n) is 2.84. The van der Waals surface area contributed by atoms with Crippen LogP contribution in [0.2, 0.25) is 0 Å². The summed E-state index contributed by atoms with van der Waals surface area (Å²) >= 11 is 5.78. The number of halogens is 1. The van der Waals surface area contributed by atoms with Crippen LogP contribution in [0, 0.1) is 0 Å². The van der Waals surface area contributed by atoms with Gasteiger partial charge in [0, 0.05) is 11.4 Å². The highest BCUT2D eigenvalue weighted by atomic mass is 79.9. The molecule has 12 heavy (non-hydrogen) atoms. The summed E-state index contributed by atoms with van der Waals surface area (Å²) in [5, 5.41) is 0. The molecule has 2 aliphatic heterocycles. The Balaban J connectivity index is 1.97. The lowest BCUT2D eigenvalue weighted by Crippen LogP contribution is -2.43. The Labute approximate surface area is 86.8 Å². The largest absolute Gasteiger partial charge is 0.375 e. The van der Waals surface area contributed by atoms with Crippen LogP contribution in [0.3, 0.4) is 0 Å². The summed E-state index contributed by atoms with van der Waals surface area (Å²) in [5.41, 5.74) is 0.262. The molecule has 1 nitrogen and oxygen atoms in total. The van der Waals surface area contributed by atoms with Crippen molar-refractivity contribution in [3.63, 3.8) is 0 Å². The van der Waals surface area contributed by atoms with Crippen molar-refractivity contribution >= 4 is 27.7 Å². The number of rotatable bonds is 0. The molecule has 1 atom stereocenters. The van der Waals surface area contributed by atoms with Crippen LogP contribution >= 0.6 is 27.7 Å². The standard InChI is InChI=1S/C9H15BrOS/c10-8-1-4-11-9(7-8)2-5-12-6-3-9/h8H,1-7H2. The highest BCUT2D eigenvalue weighted by Crippen LogP contribution is 2.39. The molecule has 0 bridgehead atoms. The first kappa shape index (κ1) is 9.35. The van der Waals surface area contributed by atoms with Crippen LogP contribution in [0.5, 0.6) is 0 Å². The first-order chi connectivity index (χ1) is 5.81. The number of alkyl halides is 1. The van der Waals surface area contributed by atoms with E-state index >= 15 is 0 Å². The fraction of sp³-hybridized carbons (Fsp3) is 1.00. The molecule has 2 saturated heterocycles. The summed E-state index contributed by atoms with van der Waals surface area (Å²) in [4.78, 5) is 0.703. The van der Waals surface area contributed by atoms with E-state index in [1.165, 1.54) is 37.2 Å². The molecular weight excluding hydrogens is 236 g/mol. The van der Waals surface area contributed by atoms with E-state index < -0.39 is 0 Å². The molecule has 2 rings (SSSR count). The van der Waals surface area contributed by atoms with Crippen molar-refractivity contribution in [1.29, 1.82) is 0 Å². The maximum Gasteiger partial charge on any atom is 0.0708 e. The Hall–Kier alpha value is 0.790. The first-order valence-electron chi connectivity index (χ1n) is 4.67. The van der Waals surface area contributed by atoms with Gasteiger partial charge >= 0.3 is 0 Å². The second kappa shape index (κ2) is 3.89. The Morgan fingerprint density at radius 2 is 2.08 bits per heavy atom. The van der Waals surface area contributed by atoms with E-state index in [-0.39, 0.29) is 5.60 Å². The summed E-state index contributed by atoms with van der Waals surface area (Å²) in [6.07, 6.45) is 4.95. The Kier molecular flexibility index (Phi) is 3.03. The fourth-order valence-electron chi connectivity index (χ4n) is 2.06. The molecule has 0 saturated carbocycles. The number of hydrogen-bond acceptors (Lipinski definition) is 2. The molecule has 0 aromatic heterocycles. The molecule has 70 valence electrons. The van der Waals surface area contributed by atoms with E-state index in [4.69, 9.17) is 4.74 Å². The monoisotopic (exact) mass is 250 g/mol. The van der Waals surface area contributed by atoms with Crippen molar-refractivity contribution in [2.75, 3.05) is 18.1 Å². The minimum Gasteiger partial charge on any atom is -0.375 e. The van der Waals surface area contributed by atoms with Gasteiger partial charge in [-0.15, -0.1) is 0 Å². The lowest BCUT2D eigenvalue weighted by atomic mass is 9.88. The zero-order valence-corrected chi connectivity index (χ0v) is 9.62. The van der Waals surface area contributed by atoms with Gasteiger partial charge in [-0.25, -0.2) is 0 Å². The van der Waals surface area contributed by atoms with Crippen molar-refractivity contribution in [2.45, 2.75) is 36.1 Å². The molecule has 1 unspecified atom stereocenters. The van der Waals surface area contributed by atoms with E-state index in [2.05, 4.69) is 27.7 Å². The zero-order valence-electron chi connectivity index (χ0n) is 7.22. The van der Waals surface area contributed by atoms with Crippen molar-refractivity contribution in [1.82, 2.24) is 0 Å². The zero-order chi connectivity index (χ0) is 8.44. The number of thioether (sulfide) groups is 1. The summed E-state index contributed by atoms with van der Waals surface area (Å²) in [5.74, 6) is 2.58. The van der Waals surface area contributed by atoms with Crippen molar-refractivity contribution in [2.24, 2.45) is 0 Å². The van der Waals surface area contributed by atoms with Crippen LogP contribution in [-0.2, 0) is 4.74 Å². The fourth-order valence-corrected chi connectivity index (χ4v) is 4.07.